The molecule has 0 spiro atoms. The Hall–Kier alpha value is -2.15. The summed E-state index contributed by atoms with van der Waals surface area (Å²) in [5.41, 5.74) is 1.31. The highest BCUT2D eigenvalue weighted by Gasteiger charge is 1.91. The van der Waals surface area contributed by atoms with E-state index in [1.807, 2.05) is 32.4 Å². The van der Waals surface area contributed by atoms with Crippen molar-refractivity contribution in [1.29, 1.82) is 5.26 Å². The van der Waals surface area contributed by atoms with E-state index >= 15 is 0 Å². The predicted octanol–water partition coefficient (Wildman–Crippen LogP) is 4.94. The van der Waals surface area contributed by atoms with Gasteiger partial charge in [-0.05, 0) is 27.2 Å². The van der Waals surface area contributed by atoms with Crippen LogP contribution in [0, 0.1) is 11.3 Å². The molecule has 0 bridgehead atoms. The van der Waals surface area contributed by atoms with Crippen LogP contribution >= 0.6 is 0 Å². The number of hydrogen-bond donors (Lipinski definition) is 0. The zero-order valence-electron chi connectivity index (χ0n) is 14.4. The highest BCUT2D eigenvalue weighted by molar-refractivity contribution is 5.01. The fourth-order valence-corrected chi connectivity index (χ4v) is 1.04. The maximum atomic E-state index is 7.32. The molecule has 1 aromatic heterocycles. The highest BCUT2D eigenvalue weighted by Crippen LogP contribution is 1.99. The van der Waals surface area contributed by atoms with Gasteiger partial charge in [0.15, 0.2) is 0 Å². The Morgan fingerprint density at radius 2 is 1.90 bits per heavy atom. The van der Waals surface area contributed by atoms with Gasteiger partial charge in [0.1, 0.15) is 12.7 Å². The van der Waals surface area contributed by atoms with Gasteiger partial charge in [-0.25, -0.2) is 9.67 Å². The molecule has 0 N–H and O–H groups in total. The maximum Gasteiger partial charge on any atom is 0.137 e. The molecule has 1 rings (SSSR count). The monoisotopic (exact) mass is 290 g/mol. The topological polar surface area (TPSA) is 54.5 Å². The average Bonchev–Trinajstić information content (AvgIpc) is 2.96. The molecule has 4 nitrogen and oxygen atoms in total. The summed E-state index contributed by atoms with van der Waals surface area (Å²) in [6, 6.07) is 1.75. The lowest BCUT2D eigenvalue weighted by atomic mass is 10.2. The summed E-state index contributed by atoms with van der Waals surface area (Å²) in [6.07, 6.45) is 12.4. The number of nitrogens with zero attached hydrogens (tertiary/aromatic N) is 4. The van der Waals surface area contributed by atoms with Crippen LogP contribution in [0.1, 0.15) is 48.0 Å². The normalized spacial score (nSPS) is 9.10. The minimum atomic E-state index is 0.831. The van der Waals surface area contributed by atoms with Crippen LogP contribution in [-0.2, 0) is 6.54 Å². The van der Waals surface area contributed by atoms with Crippen LogP contribution in [0.25, 0.3) is 0 Å². The number of allylic oxidation sites excluding steroid dienone is 5. The molecule has 0 aromatic carbocycles. The molecule has 0 aliphatic rings. The zero-order valence-corrected chi connectivity index (χ0v) is 14.4. The largest absolute Gasteiger partial charge is 0.249 e. The molecule has 0 atom stereocenters. The Balaban J connectivity index is -0.000000342. The van der Waals surface area contributed by atoms with Crippen LogP contribution in [0.3, 0.4) is 0 Å². The van der Waals surface area contributed by atoms with Gasteiger partial charge in [-0.3, -0.25) is 0 Å². The summed E-state index contributed by atoms with van der Waals surface area (Å²) < 4.78 is 1.82. The van der Waals surface area contributed by atoms with Crippen molar-refractivity contribution in [3.63, 3.8) is 0 Å². The van der Waals surface area contributed by atoms with E-state index < -0.39 is 0 Å². The van der Waals surface area contributed by atoms with Gasteiger partial charge in [0.2, 0.25) is 0 Å². The van der Waals surface area contributed by atoms with Gasteiger partial charge in [-0.2, -0.15) is 10.4 Å². The van der Waals surface area contributed by atoms with Gasteiger partial charge in [0, 0.05) is 6.92 Å². The summed E-state index contributed by atoms with van der Waals surface area (Å²) in [4.78, 5) is 3.88. The number of rotatable bonds is 4. The van der Waals surface area contributed by atoms with E-state index in [1.54, 1.807) is 24.8 Å². The second-order valence-electron chi connectivity index (χ2n) is 3.58. The summed E-state index contributed by atoms with van der Waals surface area (Å²) in [7, 11) is 0. The number of nitriles is 1. The lowest BCUT2D eigenvalue weighted by Gasteiger charge is -1.99. The first-order valence-electron chi connectivity index (χ1n) is 7.13. The first-order valence-corrected chi connectivity index (χ1v) is 7.13. The van der Waals surface area contributed by atoms with E-state index in [0.29, 0.717) is 0 Å². The van der Waals surface area contributed by atoms with Crippen molar-refractivity contribution in [2.24, 2.45) is 0 Å². The third-order valence-corrected chi connectivity index (χ3v) is 1.72. The number of hydrogen-bond acceptors (Lipinski definition) is 3. The van der Waals surface area contributed by atoms with Gasteiger partial charge in [0.05, 0.1) is 12.6 Å². The SMILES string of the molecule is C/C=C/C/C=C(\C)Cn1cncn1.C=CC.CC.CC#N. The fraction of sp³-hybridized carbons (Fsp3) is 0.471. The average molecular weight is 290 g/mol. The lowest BCUT2D eigenvalue weighted by molar-refractivity contribution is 0.673. The highest BCUT2D eigenvalue weighted by atomic mass is 15.3. The van der Waals surface area contributed by atoms with Gasteiger partial charge >= 0.3 is 0 Å². The van der Waals surface area contributed by atoms with Crippen molar-refractivity contribution < 1.29 is 0 Å². The molecule has 0 amide bonds. The Kier molecular flexibility index (Phi) is 26.2. The number of aromatic nitrogens is 3. The molecule has 0 saturated heterocycles. The predicted molar refractivity (Wildman–Crippen MR) is 91.7 cm³/mol. The minimum Gasteiger partial charge on any atom is -0.249 e. The van der Waals surface area contributed by atoms with Gasteiger partial charge in [0.25, 0.3) is 0 Å². The van der Waals surface area contributed by atoms with Crippen molar-refractivity contribution >= 4 is 0 Å². The van der Waals surface area contributed by atoms with E-state index in [2.05, 4.69) is 41.8 Å². The van der Waals surface area contributed by atoms with Gasteiger partial charge < -0.3 is 0 Å². The standard InChI is InChI=1S/C10H15N3.C3H6.C2H3N.C2H6/c1-3-4-5-6-10(2)7-13-9-11-8-12-13;1-3-2;1-2-3;1-2/h3-4,6,8-9H,5,7H2,1-2H3;3H,1H2,2H3;1H3;1-2H3/b4-3+,10-6+;;;. The van der Waals surface area contributed by atoms with Crippen LogP contribution in [0.4, 0.5) is 0 Å². The molecule has 1 heterocycles. The lowest BCUT2D eigenvalue weighted by Crippen LogP contribution is -1.98. The smallest absolute Gasteiger partial charge is 0.137 e. The van der Waals surface area contributed by atoms with Gasteiger partial charge in [-0.15, -0.1) is 6.58 Å². The molecule has 0 unspecified atom stereocenters. The molecule has 0 aliphatic heterocycles. The van der Waals surface area contributed by atoms with E-state index in [0.717, 1.165) is 13.0 Å². The molecule has 21 heavy (non-hydrogen) atoms. The molecule has 0 radical (unpaired) electrons. The first kappa shape index (κ1) is 23.9. The fourth-order valence-electron chi connectivity index (χ4n) is 1.04. The van der Waals surface area contributed by atoms with E-state index in [1.165, 1.54) is 12.5 Å². The molecule has 1 aromatic rings. The van der Waals surface area contributed by atoms with Gasteiger partial charge in [-0.1, -0.05) is 43.7 Å². The molecular formula is C17H30N4. The summed E-state index contributed by atoms with van der Waals surface area (Å²) in [5.74, 6) is 0. The van der Waals surface area contributed by atoms with Crippen molar-refractivity contribution in [2.75, 3.05) is 0 Å². The molecule has 118 valence electrons. The molecule has 4 heteroatoms. The van der Waals surface area contributed by atoms with Crippen molar-refractivity contribution in [3.05, 3.63) is 49.1 Å². The van der Waals surface area contributed by atoms with Crippen LogP contribution in [0.2, 0.25) is 0 Å². The summed E-state index contributed by atoms with van der Waals surface area (Å²) >= 11 is 0. The molecule has 0 saturated carbocycles. The zero-order chi connectivity index (χ0) is 16.9. The van der Waals surface area contributed by atoms with Crippen molar-refractivity contribution in [3.8, 4) is 6.07 Å². The Labute approximate surface area is 130 Å². The molecule has 0 fully saturated rings. The summed E-state index contributed by atoms with van der Waals surface area (Å²) in [5, 5.41) is 11.4. The van der Waals surface area contributed by atoms with E-state index in [4.69, 9.17) is 5.26 Å². The Bertz CT molecular complexity index is 395. The van der Waals surface area contributed by atoms with Crippen LogP contribution < -0.4 is 0 Å². The Morgan fingerprint density at radius 3 is 2.29 bits per heavy atom. The molecular weight excluding hydrogens is 260 g/mol. The first-order chi connectivity index (χ1) is 10.2. The molecule has 0 aliphatic carbocycles. The second-order valence-corrected chi connectivity index (χ2v) is 3.58. The van der Waals surface area contributed by atoms with Crippen LogP contribution in [-0.4, -0.2) is 14.8 Å². The van der Waals surface area contributed by atoms with Crippen LogP contribution in [0.15, 0.2) is 49.1 Å². The van der Waals surface area contributed by atoms with Crippen LogP contribution in [0.5, 0.6) is 0 Å². The second kappa shape index (κ2) is 23.0. The third-order valence-electron chi connectivity index (χ3n) is 1.72. The third kappa shape index (κ3) is 23.4. The van der Waals surface area contributed by atoms with E-state index in [-0.39, 0.29) is 0 Å². The Morgan fingerprint density at radius 1 is 1.38 bits per heavy atom. The summed E-state index contributed by atoms with van der Waals surface area (Å²) in [6.45, 7) is 15.6. The van der Waals surface area contributed by atoms with Crippen molar-refractivity contribution in [2.45, 2.75) is 54.5 Å². The van der Waals surface area contributed by atoms with Crippen molar-refractivity contribution in [1.82, 2.24) is 14.8 Å². The quantitative estimate of drug-likeness (QED) is 0.738. The van der Waals surface area contributed by atoms with E-state index in [9.17, 15) is 0 Å². The maximum absolute atomic E-state index is 7.32. The minimum absolute atomic E-state index is 0.831.